The molecule has 3 rings (SSSR count). The van der Waals surface area contributed by atoms with E-state index in [1.165, 1.54) is 12.1 Å². The Kier molecular flexibility index (Phi) is 7.26. The van der Waals surface area contributed by atoms with E-state index in [0.717, 1.165) is 11.3 Å². The first-order valence-electron chi connectivity index (χ1n) is 9.64. The van der Waals surface area contributed by atoms with Gasteiger partial charge in [0.05, 0.1) is 24.4 Å². The maximum atomic E-state index is 13.5. The van der Waals surface area contributed by atoms with Crippen LogP contribution in [0, 0.1) is 5.82 Å². The van der Waals surface area contributed by atoms with Crippen molar-refractivity contribution < 1.29 is 13.9 Å². The van der Waals surface area contributed by atoms with Crippen molar-refractivity contribution >= 4 is 34.4 Å². The SMILES string of the molecule is C=C(Nc1ccc(F)c(Cl)c1)c1cc(OCC)c(OC)cc1/N=C(\C)c1cccnc1. The summed E-state index contributed by atoms with van der Waals surface area (Å²) in [6, 6.07) is 11.8. The fourth-order valence-corrected chi connectivity index (χ4v) is 3.13. The van der Waals surface area contributed by atoms with Gasteiger partial charge in [-0.05, 0) is 44.2 Å². The first-order chi connectivity index (χ1) is 14.9. The molecule has 1 N–H and O–H groups in total. The van der Waals surface area contributed by atoms with E-state index in [0.29, 0.717) is 40.7 Å². The van der Waals surface area contributed by atoms with Gasteiger partial charge in [0.15, 0.2) is 11.5 Å². The summed E-state index contributed by atoms with van der Waals surface area (Å²) in [4.78, 5) is 8.94. The van der Waals surface area contributed by atoms with Crippen molar-refractivity contribution in [2.24, 2.45) is 4.99 Å². The summed E-state index contributed by atoms with van der Waals surface area (Å²) in [6.45, 7) is 8.41. The van der Waals surface area contributed by atoms with Crippen LogP contribution in [0.25, 0.3) is 5.70 Å². The van der Waals surface area contributed by atoms with Gasteiger partial charge < -0.3 is 14.8 Å². The number of methoxy groups -OCH3 is 1. The van der Waals surface area contributed by atoms with Crippen LogP contribution >= 0.6 is 11.6 Å². The number of hydrogen-bond acceptors (Lipinski definition) is 5. The van der Waals surface area contributed by atoms with Crippen LogP contribution in [0.2, 0.25) is 5.02 Å². The number of aromatic nitrogens is 1. The zero-order valence-corrected chi connectivity index (χ0v) is 18.3. The van der Waals surface area contributed by atoms with Crippen LogP contribution in [-0.4, -0.2) is 24.4 Å². The molecule has 0 aliphatic heterocycles. The third-order valence-corrected chi connectivity index (χ3v) is 4.78. The van der Waals surface area contributed by atoms with Gasteiger partial charge in [0.2, 0.25) is 0 Å². The molecule has 2 aromatic carbocycles. The molecular weight excluding hydrogens is 417 g/mol. The summed E-state index contributed by atoms with van der Waals surface area (Å²) >= 11 is 5.91. The van der Waals surface area contributed by atoms with Gasteiger partial charge >= 0.3 is 0 Å². The highest BCUT2D eigenvalue weighted by Gasteiger charge is 2.15. The number of rotatable bonds is 8. The third kappa shape index (κ3) is 5.41. The van der Waals surface area contributed by atoms with Crippen molar-refractivity contribution in [1.82, 2.24) is 4.98 Å². The number of hydrogen-bond donors (Lipinski definition) is 1. The molecule has 1 heterocycles. The molecule has 31 heavy (non-hydrogen) atoms. The highest BCUT2D eigenvalue weighted by molar-refractivity contribution is 6.31. The van der Waals surface area contributed by atoms with Crippen molar-refractivity contribution in [2.45, 2.75) is 13.8 Å². The summed E-state index contributed by atoms with van der Waals surface area (Å²) in [5, 5.41) is 3.18. The number of benzene rings is 2. The van der Waals surface area contributed by atoms with E-state index in [1.54, 1.807) is 31.6 Å². The summed E-state index contributed by atoms with van der Waals surface area (Å²) in [5.41, 5.74) is 4.15. The Bertz CT molecular complexity index is 1120. The van der Waals surface area contributed by atoms with Crippen LogP contribution in [0.15, 0.2) is 66.4 Å². The minimum absolute atomic E-state index is 0.0215. The Labute approximate surface area is 186 Å². The van der Waals surface area contributed by atoms with Gasteiger partial charge in [-0.2, -0.15) is 0 Å². The van der Waals surface area contributed by atoms with E-state index in [2.05, 4.69) is 16.9 Å². The Balaban J connectivity index is 2.06. The highest BCUT2D eigenvalue weighted by Crippen LogP contribution is 2.38. The molecular formula is C24H23ClFN3O2. The van der Waals surface area contributed by atoms with Crippen LogP contribution in [0.1, 0.15) is 25.0 Å². The zero-order valence-electron chi connectivity index (χ0n) is 17.6. The van der Waals surface area contributed by atoms with Crippen molar-refractivity contribution in [1.29, 1.82) is 0 Å². The molecule has 5 nitrogen and oxygen atoms in total. The van der Waals surface area contributed by atoms with Gasteiger partial charge in [0.25, 0.3) is 0 Å². The van der Waals surface area contributed by atoms with E-state index >= 15 is 0 Å². The summed E-state index contributed by atoms with van der Waals surface area (Å²) in [6.07, 6.45) is 3.46. The smallest absolute Gasteiger partial charge is 0.162 e. The number of nitrogens with zero attached hydrogens (tertiary/aromatic N) is 2. The molecule has 0 aliphatic rings. The van der Waals surface area contributed by atoms with Gasteiger partial charge in [-0.25, -0.2) is 4.39 Å². The molecule has 0 radical (unpaired) electrons. The van der Waals surface area contributed by atoms with E-state index < -0.39 is 5.82 Å². The topological polar surface area (TPSA) is 55.7 Å². The molecule has 0 aliphatic carbocycles. The Hall–Kier alpha value is -3.38. The van der Waals surface area contributed by atoms with Crippen LogP contribution < -0.4 is 14.8 Å². The van der Waals surface area contributed by atoms with Crippen molar-refractivity contribution in [3.05, 3.63) is 83.4 Å². The Morgan fingerprint density at radius 3 is 2.68 bits per heavy atom. The van der Waals surface area contributed by atoms with Crippen LogP contribution in [0.4, 0.5) is 15.8 Å². The fraction of sp³-hybridized carbons (Fsp3) is 0.167. The van der Waals surface area contributed by atoms with E-state index in [4.69, 9.17) is 26.1 Å². The summed E-state index contributed by atoms with van der Waals surface area (Å²) in [5.74, 6) is 0.636. The first-order valence-corrected chi connectivity index (χ1v) is 10.0. The average molecular weight is 440 g/mol. The Morgan fingerprint density at radius 2 is 2.03 bits per heavy atom. The number of pyridine rings is 1. The normalized spacial score (nSPS) is 11.2. The number of anilines is 1. The lowest BCUT2D eigenvalue weighted by atomic mass is 10.1. The van der Waals surface area contributed by atoms with Crippen LogP contribution in [0.5, 0.6) is 11.5 Å². The number of aliphatic imine (C=N–C) groups is 1. The predicted molar refractivity (Wildman–Crippen MR) is 124 cm³/mol. The highest BCUT2D eigenvalue weighted by atomic mass is 35.5. The standard InChI is InChI=1S/C24H23ClFN3O2/c1-5-31-24-12-19(16(3)28-18-8-9-21(26)20(25)11-18)22(13-23(24)30-4)29-15(2)17-7-6-10-27-14-17/h6-14,28H,3,5H2,1-2,4H3/b29-15+. The van der Waals surface area contributed by atoms with E-state index in [1.807, 2.05) is 32.0 Å². The van der Waals surface area contributed by atoms with Gasteiger partial charge in [0, 0.05) is 46.7 Å². The van der Waals surface area contributed by atoms with E-state index in [-0.39, 0.29) is 5.02 Å². The van der Waals surface area contributed by atoms with Gasteiger partial charge in [-0.3, -0.25) is 9.98 Å². The van der Waals surface area contributed by atoms with Gasteiger partial charge in [0.1, 0.15) is 5.82 Å². The van der Waals surface area contributed by atoms with Gasteiger partial charge in [-0.15, -0.1) is 0 Å². The number of ether oxygens (including phenoxy) is 2. The lowest BCUT2D eigenvalue weighted by Crippen LogP contribution is -2.02. The van der Waals surface area contributed by atoms with Crippen molar-refractivity contribution in [2.75, 3.05) is 19.0 Å². The maximum absolute atomic E-state index is 13.5. The summed E-state index contributed by atoms with van der Waals surface area (Å²) < 4.78 is 24.7. The molecule has 0 spiro atoms. The quantitative estimate of drug-likeness (QED) is 0.407. The molecule has 0 atom stereocenters. The molecule has 0 fully saturated rings. The molecule has 0 unspecified atom stereocenters. The first kappa shape index (κ1) is 22.3. The van der Waals surface area contributed by atoms with Crippen molar-refractivity contribution in [3.8, 4) is 11.5 Å². The molecule has 1 aromatic heterocycles. The van der Waals surface area contributed by atoms with Gasteiger partial charge in [-0.1, -0.05) is 24.2 Å². The molecule has 0 saturated carbocycles. The second kappa shape index (κ2) is 10.1. The molecule has 0 bridgehead atoms. The van der Waals surface area contributed by atoms with E-state index in [9.17, 15) is 4.39 Å². The fourth-order valence-electron chi connectivity index (χ4n) is 2.95. The second-order valence-electron chi connectivity index (χ2n) is 6.62. The largest absolute Gasteiger partial charge is 0.493 e. The lowest BCUT2D eigenvalue weighted by Gasteiger charge is -2.17. The number of nitrogens with one attached hydrogen (secondary N) is 1. The van der Waals surface area contributed by atoms with Crippen molar-refractivity contribution in [3.63, 3.8) is 0 Å². The van der Waals surface area contributed by atoms with Crippen LogP contribution in [0.3, 0.4) is 0 Å². The minimum atomic E-state index is -0.488. The second-order valence-corrected chi connectivity index (χ2v) is 7.03. The minimum Gasteiger partial charge on any atom is -0.493 e. The molecule has 3 aromatic rings. The third-order valence-electron chi connectivity index (χ3n) is 4.49. The maximum Gasteiger partial charge on any atom is 0.162 e. The monoisotopic (exact) mass is 439 g/mol. The molecule has 7 heteroatoms. The summed E-state index contributed by atoms with van der Waals surface area (Å²) in [7, 11) is 1.58. The number of halogens is 2. The average Bonchev–Trinajstić information content (AvgIpc) is 2.77. The van der Waals surface area contributed by atoms with Crippen LogP contribution in [-0.2, 0) is 0 Å². The Morgan fingerprint density at radius 1 is 1.23 bits per heavy atom. The zero-order chi connectivity index (χ0) is 22.4. The lowest BCUT2D eigenvalue weighted by molar-refractivity contribution is 0.311. The predicted octanol–water partition coefficient (Wildman–Crippen LogP) is 6.50. The molecule has 160 valence electrons. The molecule has 0 saturated heterocycles. The molecule has 0 amide bonds.